The van der Waals surface area contributed by atoms with Crippen LogP contribution < -0.4 is 10.5 Å². The van der Waals surface area contributed by atoms with Crippen LogP contribution in [-0.4, -0.2) is 20.5 Å². The highest BCUT2D eigenvalue weighted by Crippen LogP contribution is 2.13. The van der Waals surface area contributed by atoms with Crippen molar-refractivity contribution in [3.63, 3.8) is 0 Å². The fourth-order valence-corrected chi connectivity index (χ4v) is 3.02. The number of halogens is 1. The summed E-state index contributed by atoms with van der Waals surface area (Å²) in [6.07, 6.45) is 0. The molecule has 0 heterocycles. The average Bonchev–Trinajstić information content (AvgIpc) is 2.14. The van der Waals surface area contributed by atoms with Gasteiger partial charge in [0.15, 0.2) is 0 Å². The van der Waals surface area contributed by atoms with E-state index in [1.807, 2.05) is 6.07 Å². The van der Waals surface area contributed by atoms with Crippen LogP contribution in [0.15, 0.2) is 29.2 Å². The average molecular weight is 354 g/mol. The zero-order chi connectivity index (χ0) is 12.4. The number of hydrogen-bond donors (Lipinski definition) is 2. The van der Waals surface area contributed by atoms with E-state index in [4.69, 9.17) is 5.73 Å². The Morgan fingerprint density at radius 1 is 1.44 bits per heavy atom. The molecule has 1 aromatic carbocycles. The fourth-order valence-electron chi connectivity index (χ4n) is 0.999. The maximum Gasteiger partial charge on any atom is 0.240 e. The Kier molecular flexibility index (Phi) is 4.33. The van der Waals surface area contributed by atoms with E-state index >= 15 is 0 Å². The van der Waals surface area contributed by atoms with E-state index in [2.05, 4.69) is 27.3 Å². The van der Waals surface area contributed by atoms with Crippen molar-refractivity contribution in [1.29, 1.82) is 0 Å². The van der Waals surface area contributed by atoms with Crippen LogP contribution in [0, 0.1) is 3.57 Å². The molecule has 0 spiro atoms. The maximum atomic E-state index is 11.9. The Labute approximate surface area is 110 Å². The summed E-state index contributed by atoms with van der Waals surface area (Å²) in [6.45, 7) is 3.75. The van der Waals surface area contributed by atoms with Crippen LogP contribution in [0.2, 0.25) is 0 Å². The largest absolute Gasteiger partial charge is 0.324 e. The maximum absolute atomic E-state index is 11.9. The van der Waals surface area contributed by atoms with Gasteiger partial charge < -0.3 is 5.73 Å². The highest BCUT2D eigenvalue weighted by molar-refractivity contribution is 14.1. The van der Waals surface area contributed by atoms with Gasteiger partial charge in [-0.15, -0.1) is 0 Å². The summed E-state index contributed by atoms with van der Waals surface area (Å²) < 4.78 is 27.1. The normalized spacial score (nSPS) is 12.8. The molecule has 1 rings (SSSR count). The number of nitrogens with one attached hydrogen (secondary N) is 1. The van der Waals surface area contributed by atoms with Crippen LogP contribution >= 0.6 is 22.6 Å². The summed E-state index contributed by atoms with van der Waals surface area (Å²) in [4.78, 5) is 0.267. The molecule has 0 aromatic heterocycles. The van der Waals surface area contributed by atoms with Gasteiger partial charge in [0.2, 0.25) is 10.0 Å². The monoisotopic (exact) mass is 354 g/mol. The molecule has 90 valence electrons. The van der Waals surface area contributed by atoms with E-state index in [1.165, 1.54) is 0 Å². The van der Waals surface area contributed by atoms with Crippen LogP contribution in [0.1, 0.15) is 13.8 Å². The van der Waals surface area contributed by atoms with Gasteiger partial charge in [-0.25, -0.2) is 13.1 Å². The molecule has 0 amide bonds. The Morgan fingerprint density at radius 2 is 2.06 bits per heavy atom. The van der Waals surface area contributed by atoms with Gasteiger partial charge >= 0.3 is 0 Å². The summed E-state index contributed by atoms with van der Waals surface area (Å²) >= 11 is 2.07. The van der Waals surface area contributed by atoms with Crippen LogP contribution in [-0.2, 0) is 10.0 Å². The van der Waals surface area contributed by atoms with Gasteiger partial charge in [0.1, 0.15) is 0 Å². The predicted octanol–water partition coefficient (Wildman–Crippen LogP) is 1.31. The third kappa shape index (κ3) is 4.36. The van der Waals surface area contributed by atoms with Crippen LogP contribution in [0.4, 0.5) is 0 Å². The highest BCUT2D eigenvalue weighted by atomic mass is 127. The minimum absolute atomic E-state index is 0.209. The molecule has 0 unspecified atom stereocenters. The molecule has 0 radical (unpaired) electrons. The van der Waals surface area contributed by atoms with Gasteiger partial charge in [0.25, 0.3) is 0 Å². The van der Waals surface area contributed by atoms with Crippen molar-refractivity contribution >= 4 is 32.6 Å². The summed E-state index contributed by atoms with van der Waals surface area (Å²) in [5.74, 6) is 0. The first-order valence-electron chi connectivity index (χ1n) is 4.75. The van der Waals surface area contributed by atoms with Gasteiger partial charge in [-0.3, -0.25) is 0 Å². The molecule has 0 aliphatic carbocycles. The molecular formula is C10H15IN2O2S. The van der Waals surface area contributed by atoms with Crippen molar-refractivity contribution < 1.29 is 8.42 Å². The Bertz CT molecular complexity index is 466. The van der Waals surface area contributed by atoms with Crippen molar-refractivity contribution in [3.8, 4) is 0 Å². The van der Waals surface area contributed by atoms with Gasteiger partial charge in [0.05, 0.1) is 4.90 Å². The van der Waals surface area contributed by atoms with Gasteiger partial charge in [-0.05, 0) is 54.6 Å². The second-order valence-corrected chi connectivity index (χ2v) is 7.28. The standard InChI is InChI=1S/C10H15IN2O2S/c1-10(2,12)7-13-16(14,15)9-5-3-4-8(11)6-9/h3-6,13H,7,12H2,1-2H3. The third-order valence-corrected chi connectivity index (χ3v) is 3.89. The van der Waals surface area contributed by atoms with E-state index in [1.54, 1.807) is 32.0 Å². The second-order valence-electron chi connectivity index (χ2n) is 4.27. The smallest absolute Gasteiger partial charge is 0.240 e. The number of rotatable bonds is 4. The Hall–Kier alpha value is -0.180. The van der Waals surface area contributed by atoms with Crippen molar-refractivity contribution in [2.24, 2.45) is 5.73 Å². The van der Waals surface area contributed by atoms with E-state index in [0.29, 0.717) is 0 Å². The SMILES string of the molecule is CC(C)(N)CNS(=O)(=O)c1cccc(I)c1. The van der Waals surface area contributed by atoms with Gasteiger partial charge in [0, 0.05) is 15.7 Å². The summed E-state index contributed by atoms with van der Waals surface area (Å²) in [7, 11) is -3.45. The third-order valence-electron chi connectivity index (χ3n) is 1.82. The van der Waals surface area contributed by atoms with Crippen molar-refractivity contribution in [2.75, 3.05) is 6.54 Å². The Balaban J connectivity index is 2.87. The molecule has 6 heteroatoms. The minimum atomic E-state index is -3.45. The highest BCUT2D eigenvalue weighted by Gasteiger charge is 2.18. The molecular weight excluding hydrogens is 339 g/mol. The molecule has 0 bridgehead atoms. The number of benzene rings is 1. The molecule has 0 saturated heterocycles. The second kappa shape index (κ2) is 4.99. The lowest BCUT2D eigenvalue weighted by Gasteiger charge is -2.18. The van der Waals surface area contributed by atoms with Crippen molar-refractivity contribution in [2.45, 2.75) is 24.3 Å². The molecule has 0 atom stereocenters. The molecule has 0 aliphatic rings. The number of sulfonamides is 1. The van der Waals surface area contributed by atoms with Crippen LogP contribution in [0.25, 0.3) is 0 Å². The van der Waals surface area contributed by atoms with E-state index in [0.717, 1.165) is 3.57 Å². The van der Waals surface area contributed by atoms with Gasteiger partial charge in [-0.1, -0.05) is 6.07 Å². The van der Waals surface area contributed by atoms with Crippen LogP contribution in [0.5, 0.6) is 0 Å². The first-order valence-corrected chi connectivity index (χ1v) is 7.31. The van der Waals surface area contributed by atoms with Gasteiger partial charge in [-0.2, -0.15) is 0 Å². The molecule has 0 aliphatic heterocycles. The van der Waals surface area contributed by atoms with E-state index < -0.39 is 15.6 Å². The zero-order valence-corrected chi connectivity index (χ0v) is 12.2. The first-order chi connectivity index (χ1) is 7.21. The van der Waals surface area contributed by atoms with E-state index in [-0.39, 0.29) is 11.4 Å². The fraction of sp³-hybridized carbons (Fsp3) is 0.400. The molecule has 1 aromatic rings. The zero-order valence-electron chi connectivity index (χ0n) is 9.20. The quantitative estimate of drug-likeness (QED) is 0.801. The lowest BCUT2D eigenvalue weighted by molar-refractivity contribution is 0.498. The van der Waals surface area contributed by atoms with Crippen LogP contribution in [0.3, 0.4) is 0 Å². The summed E-state index contributed by atoms with van der Waals surface area (Å²) in [5, 5.41) is 0. The number of hydrogen-bond acceptors (Lipinski definition) is 3. The lowest BCUT2D eigenvalue weighted by atomic mass is 10.1. The van der Waals surface area contributed by atoms with Crippen molar-refractivity contribution in [1.82, 2.24) is 4.72 Å². The van der Waals surface area contributed by atoms with Crippen molar-refractivity contribution in [3.05, 3.63) is 27.8 Å². The molecule has 16 heavy (non-hydrogen) atoms. The lowest BCUT2D eigenvalue weighted by Crippen LogP contribution is -2.45. The minimum Gasteiger partial charge on any atom is -0.324 e. The topological polar surface area (TPSA) is 72.2 Å². The summed E-state index contributed by atoms with van der Waals surface area (Å²) in [5.41, 5.74) is 5.16. The Morgan fingerprint density at radius 3 is 2.56 bits per heavy atom. The summed E-state index contributed by atoms with van der Waals surface area (Å²) in [6, 6.07) is 6.73. The predicted molar refractivity (Wildman–Crippen MR) is 72.6 cm³/mol. The number of nitrogens with two attached hydrogens (primary N) is 1. The molecule has 4 nitrogen and oxygen atoms in total. The molecule has 0 saturated carbocycles. The molecule has 0 fully saturated rings. The first kappa shape index (κ1) is 13.9. The van der Waals surface area contributed by atoms with E-state index in [9.17, 15) is 8.42 Å². The molecule has 3 N–H and O–H groups in total.